The van der Waals surface area contributed by atoms with Crippen LogP contribution in [-0.2, 0) is 16.1 Å². The lowest BCUT2D eigenvalue weighted by molar-refractivity contribution is -0.176. The van der Waals surface area contributed by atoms with Gasteiger partial charge >= 0.3 is 6.18 Å². The highest BCUT2D eigenvalue weighted by Gasteiger charge is 2.27. The second-order valence-electron chi connectivity index (χ2n) is 5.33. The summed E-state index contributed by atoms with van der Waals surface area (Å²) in [6.07, 6.45) is -4.36. The first kappa shape index (κ1) is 16.4. The van der Waals surface area contributed by atoms with Crippen LogP contribution in [0.1, 0.15) is 26.5 Å². The van der Waals surface area contributed by atoms with Crippen molar-refractivity contribution in [1.29, 1.82) is 0 Å². The van der Waals surface area contributed by atoms with E-state index in [9.17, 15) is 18.0 Å². The van der Waals surface area contributed by atoms with Crippen LogP contribution < -0.4 is 5.32 Å². The molecule has 0 saturated heterocycles. The Morgan fingerprint density at radius 2 is 1.95 bits per heavy atom. The monoisotopic (exact) mass is 290 g/mol. The van der Waals surface area contributed by atoms with Gasteiger partial charge in [0.1, 0.15) is 12.4 Å². The highest BCUT2D eigenvalue weighted by atomic mass is 19.4. The van der Waals surface area contributed by atoms with Gasteiger partial charge in [-0.3, -0.25) is 4.79 Å². The van der Waals surface area contributed by atoms with Gasteiger partial charge in [-0.2, -0.15) is 13.2 Å². The summed E-state index contributed by atoms with van der Waals surface area (Å²) in [5, 5.41) is 2.60. The van der Waals surface area contributed by atoms with Crippen LogP contribution in [0.5, 0.6) is 0 Å². The minimum Gasteiger partial charge on any atom is -0.366 e. The maximum absolute atomic E-state index is 11.9. The van der Waals surface area contributed by atoms with Crippen molar-refractivity contribution in [3.05, 3.63) is 23.9 Å². The zero-order valence-electron chi connectivity index (χ0n) is 11.5. The maximum Gasteiger partial charge on any atom is 0.411 e. The lowest BCUT2D eigenvalue weighted by Crippen LogP contribution is -2.28. The van der Waals surface area contributed by atoms with Gasteiger partial charge in [0.15, 0.2) is 0 Å². The van der Waals surface area contributed by atoms with Crippen molar-refractivity contribution in [2.75, 3.05) is 11.9 Å². The van der Waals surface area contributed by atoms with Crippen LogP contribution in [0.3, 0.4) is 0 Å². The average Bonchev–Trinajstić information content (AvgIpc) is 2.26. The van der Waals surface area contributed by atoms with E-state index < -0.39 is 18.2 Å². The molecule has 0 aliphatic rings. The number of carbonyl (C=O) groups is 1. The Morgan fingerprint density at radius 1 is 1.30 bits per heavy atom. The van der Waals surface area contributed by atoms with Crippen molar-refractivity contribution >= 4 is 11.7 Å². The van der Waals surface area contributed by atoms with Crippen molar-refractivity contribution in [2.24, 2.45) is 5.41 Å². The van der Waals surface area contributed by atoms with Crippen LogP contribution >= 0.6 is 0 Å². The highest BCUT2D eigenvalue weighted by molar-refractivity contribution is 5.93. The van der Waals surface area contributed by atoms with Gasteiger partial charge in [0.05, 0.1) is 12.3 Å². The summed E-state index contributed by atoms with van der Waals surface area (Å²) in [6.45, 7) is 3.65. The predicted molar refractivity (Wildman–Crippen MR) is 68.0 cm³/mol. The highest BCUT2D eigenvalue weighted by Crippen LogP contribution is 2.17. The zero-order chi connectivity index (χ0) is 15.4. The normalized spacial score (nSPS) is 12.3. The second-order valence-corrected chi connectivity index (χ2v) is 5.33. The van der Waals surface area contributed by atoms with Crippen molar-refractivity contribution in [2.45, 2.75) is 33.6 Å². The lowest BCUT2D eigenvalue weighted by Gasteiger charge is -2.17. The van der Waals surface area contributed by atoms with Gasteiger partial charge in [-0.25, -0.2) is 4.98 Å². The molecule has 20 heavy (non-hydrogen) atoms. The van der Waals surface area contributed by atoms with Crippen molar-refractivity contribution in [1.82, 2.24) is 4.98 Å². The lowest BCUT2D eigenvalue weighted by atomic mass is 9.96. The summed E-state index contributed by atoms with van der Waals surface area (Å²) in [6, 6.07) is 4.69. The number of nitrogens with one attached hydrogen (secondary N) is 1. The first-order valence-corrected chi connectivity index (χ1v) is 6.00. The Labute approximate surface area is 115 Å². The number of hydrogen-bond acceptors (Lipinski definition) is 3. The molecule has 4 nitrogen and oxygen atoms in total. The van der Waals surface area contributed by atoms with E-state index in [0.717, 1.165) is 0 Å². The third kappa shape index (κ3) is 6.01. The summed E-state index contributed by atoms with van der Waals surface area (Å²) in [4.78, 5) is 15.8. The minimum atomic E-state index is -4.36. The molecule has 1 rings (SSSR count). The molecule has 0 aromatic carbocycles. The summed E-state index contributed by atoms with van der Waals surface area (Å²) < 4.78 is 40.3. The summed E-state index contributed by atoms with van der Waals surface area (Å²) in [5.74, 6) is 0.0661. The number of halogens is 3. The number of anilines is 1. The van der Waals surface area contributed by atoms with E-state index in [4.69, 9.17) is 0 Å². The Hall–Kier alpha value is -1.63. The number of carbonyl (C=O) groups excluding carboxylic acids is 1. The molecule has 0 atom stereocenters. The van der Waals surface area contributed by atoms with Crippen LogP contribution in [0.4, 0.5) is 19.0 Å². The van der Waals surface area contributed by atoms with Gasteiger partial charge in [-0.15, -0.1) is 0 Å². The fourth-order valence-electron chi connectivity index (χ4n) is 1.20. The topological polar surface area (TPSA) is 51.2 Å². The number of pyridine rings is 1. The van der Waals surface area contributed by atoms with E-state index in [-0.39, 0.29) is 18.3 Å². The second kappa shape index (κ2) is 6.21. The molecule has 0 fully saturated rings. The minimum absolute atomic E-state index is 0.224. The number of rotatable bonds is 4. The number of ether oxygens (including phenoxy) is 1. The molecule has 0 saturated carbocycles. The summed E-state index contributed by atoms with van der Waals surface area (Å²) in [5.41, 5.74) is -0.259. The fraction of sp³-hybridized carbons (Fsp3) is 0.538. The van der Waals surface area contributed by atoms with E-state index in [2.05, 4.69) is 15.0 Å². The van der Waals surface area contributed by atoms with Crippen LogP contribution in [-0.4, -0.2) is 23.7 Å². The molecular formula is C13H17F3N2O2. The number of nitrogens with zero attached hydrogens (tertiary/aromatic N) is 1. The van der Waals surface area contributed by atoms with E-state index in [1.54, 1.807) is 32.9 Å². The van der Waals surface area contributed by atoms with Crippen LogP contribution in [0.2, 0.25) is 0 Å². The van der Waals surface area contributed by atoms with E-state index in [0.29, 0.717) is 5.69 Å². The summed E-state index contributed by atoms with van der Waals surface area (Å²) in [7, 11) is 0. The smallest absolute Gasteiger partial charge is 0.366 e. The molecule has 0 aliphatic heterocycles. The Bertz CT molecular complexity index is 467. The molecule has 1 aromatic heterocycles. The van der Waals surface area contributed by atoms with Gasteiger partial charge in [-0.1, -0.05) is 26.8 Å². The molecule has 112 valence electrons. The third-order valence-corrected chi connectivity index (χ3v) is 2.25. The first-order chi connectivity index (χ1) is 9.08. The SMILES string of the molecule is CC(C)(C)C(=O)Nc1cccc(COCC(F)(F)F)n1. The summed E-state index contributed by atoms with van der Waals surface area (Å²) >= 11 is 0. The van der Waals surface area contributed by atoms with E-state index >= 15 is 0 Å². The maximum atomic E-state index is 11.9. The Morgan fingerprint density at radius 3 is 2.50 bits per heavy atom. The molecule has 0 unspecified atom stereocenters. The van der Waals surface area contributed by atoms with Crippen LogP contribution in [0.25, 0.3) is 0 Å². The fourth-order valence-corrected chi connectivity index (χ4v) is 1.20. The third-order valence-electron chi connectivity index (χ3n) is 2.25. The van der Waals surface area contributed by atoms with Crippen molar-refractivity contribution in [3.8, 4) is 0 Å². The average molecular weight is 290 g/mol. The Balaban J connectivity index is 2.60. The van der Waals surface area contributed by atoms with E-state index in [1.165, 1.54) is 6.07 Å². The van der Waals surface area contributed by atoms with Gasteiger partial charge in [-0.05, 0) is 12.1 Å². The van der Waals surface area contributed by atoms with Crippen LogP contribution in [0.15, 0.2) is 18.2 Å². The van der Waals surface area contributed by atoms with Gasteiger partial charge in [0.2, 0.25) is 5.91 Å². The predicted octanol–water partition coefficient (Wildman–Crippen LogP) is 3.15. The zero-order valence-corrected chi connectivity index (χ0v) is 11.5. The molecule has 0 bridgehead atoms. The molecule has 0 radical (unpaired) electrons. The van der Waals surface area contributed by atoms with Gasteiger partial charge in [0, 0.05) is 5.41 Å². The number of amides is 1. The van der Waals surface area contributed by atoms with Gasteiger partial charge < -0.3 is 10.1 Å². The Kier molecular flexibility index (Phi) is 5.10. The number of hydrogen-bond donors (Lipinski definition) is 1. The first-order valence-electron chi connectivity index (χ1n) is 6.00. The molecule has 1 amide bonds. The molecule has 1 aromatic rings. The number of aromatic nitrogens is 1. The van der Waals surface area contributed by atoms with Crippen molar-refractivity contribution in [3.63, 3.8) is 0 Å². The molecule has 0 aliphatic carbocycles. The van der Waals surface area contributed by atoms with Gasteiger partial charge in [0.25, 0.3) is 0 Å². The molecule has 7 heteroatoms. The van der Waals surface area contributed by atoms with E-state index in [1.807, 2.05) is 0 Å². The number of alkyl halides is 3. The molecule has 1 heterocycles. The molecular weight excluding hydrogens is 273 g/mol. The van der Waals surface area contributed by atoms with Crippen LogP contribution in [0, 0.1) is 5.41 Å². The van der Waals surface area contributed by atoms with Crippen molar-refractivity contribution < 1.29 is 22.7 Å². The standard InChI is InChI=1S/C13H17F3N2O2/c1-12(2,3)11(19)18-10-6-4-5-9(17-10)7-20-8-13(14,15)16/h4-6H,7-8H2,1-3H3,(H,17,18,19). The largest absolute Gasteiger partial charge is 0.411 e. The molecule has 1 N–H and O–H groups in total. The quantitative estimate of drug-likeness (QED) is 0.926. The molecule has 0 spiro atoms.